The number of hydrogen-bond donors (Lipinski definition) is 2. The molecule has 0 saturated heterocycles. The molecule has 0 fully saturated rings. The summed E-state index contributed by atoms with van der Waals surface area (Å²) in [7, 11) is 3.16. The number of ether oxygens (including phenoxy) is 2. The number of nitrogens with zero attached hydrogens (tertiary/aromatic N) is 2. The van der Waals surface area contributed by atoms with Crippen molar-refractivity contribution in [3.63, 3.8) is 0 Å². The van der Waals surface area contributed by atoms with Gasteiger partial charge in [-0.15, -0.1) is 11.3 Å². The second-order valence-electron chi connectivity index (χ2n) is 6.52. The Kier molecular flexibility index (Phi) is 5.06. The van der Waals surface area contributed by atoms with E-state index in [2.05, 4.69) is 10.2 Å². The third-order valence-corrected chi connectivity index (χ3v) is 5.77. The number of carbonyl (C=O) groups is 1. The second kappa shape index (κ2) is 7.65. The summed E-state index contributed by atoms with van der Waals surface area (Å²) in [5.74, 6) is 0.325. The zero-order chi connectivity index (χ0) is 19.7. The van der Waals surface area contributed by atoms with E-state index in [1.807, 2.05) is 28.5 Å². The molecular weight excluding hydrogens is 378 g/mol. The zero-order valence-corrected chi connectivity index (χ0v) is 16.5. The number of carbonyl (C=O) groups excluding carboxylic acids is 1. The number of aromatic hydroxyl groups is 1. The summed E-state index contributed by atoms with van der Waals surface area (Å²) in [6.07, 6.45) is 0.719. The Morgan fingerprint density at radius 3 is 2.89 bits per heavy atom. The van der Waals surface area contributed by atoms with Gasteiger partial charge in [0.25, 0.3) is 5.91 Å². The lowest BCUT2D eigenvalue weighted by Gasteiger charge is -2.26. The molecule has 2 N–H and O–H groups in total. The highest BCUT2D eigenvalue weighted by atomic mass is 32.1. The van der Waals surface area contributed by atoms with Crippen LogP contribution in [0.5, 0.6) is 11.5 Å². The first-order chi connectivity index (χ1) is 13.7. The number of rotatable bonds is 7. The maximum atomic E-state index is 13.1. The third kappa shape index (κ3) is 3.04. The topological polar surface area (TPSA) is 87.7 Å². The van der Waals surface area contributed by atoms with Crippen molar-refractivity contribution >= 4 is 17.2 Å². The lowest BCUT2D eigenvalue weighted by molar-refractivity contribution is 0.0723. The van der Waals surface area contributed by atoms with Gasteiger partial charge in [-0.3, -0.25) is 9.89 Å². The predicted octanol–water partition coefficient (Wildman–Crippen LogP) is 3.43. The molecule has 1 aromatic carbocycles. The summed E-state index contributed by atoms with van der Waals surface area (Å²) < 4.78 is 10.4. The van der Waals surface area contributed by atoms with Crippen LogP contribution in [-0.4, -0.2) is 53.5 Å². The molecule has 1 aliphatic rings. The van der Waals surface area contributed by atoms with Crippen molar-refractivity contribution in [3.8, 4) is 22.1 Å². The second-order valence-corrected chi connectivity index (χ2v) is 7.46. The van der Waals surface area contributed by atoms with E-state index in [-0.39, 0.29) is 17.7 Å². The number of amides is 1. The van der Waals surface area contributed by atoms with Crippen LogP contribution in [0.15, 0.2) is 35.7 Å². The lowest BCUT2D eigenvalue weighted by atomic mass is 9.97. The van der Waals surface area contributed by atoms with Gasteiger partial charge in [0.2, 0.25) is 0 Å². The minimum atomic E-state index is -0.315. The maximum absolute atomic E-state index is 13.1. The number of aromatic nitrogens is 2. The number of phenolic OH excluding ortho intramolecular Hbond substituents is 1. The summed E-state index contributed by atoms with van der Waals surface area (Å²) in [4.78, 5) is 15.9. The smallest absolute Gasteiger partial charge is 0.275 e. The molecule has 28 heavy (non-hydrogen) atoms. The first-order valence-electron chi connectivity index (χ1n) is 8.94. The summed E-state index contributed by atoms with van der Waals surface area (Å²) in [5.41, 5.74) is 3.01. The Bertz CT molecular complexity index is 984. The van der Waals surface area contributed by atoms with E-state index < -0.39 is 0 Å². The molecule has 3 heterocycles. The van der Waals surface area contributed by atoms with Crippen LogP contribution in [0.1, 0.15) is 34.1 Å². The molecule has 8 heteroatoms. The van der Waals surface area contributed by atoms with E-state index in [0.717, 1.165) is 28.1 Å². The monoisotopic (exact) mass is 399 g/mol. The van der Waals surface area contributed by atoms with E-state index >= 15 is 0 Å². The van der Waals surface area contributed by atoms with Gasteiger partial charge in [0, 0.05) is 25.8 Å². The number of aromatic amines is 1. The van der Waals surface area contributed by atoms with Crippen molar-refractivity contribution in [1.82, 2.24) is 15.1 Å². The van der Waals surface area contributed by atoms with Crippen molar-refractivity contribution in [2.45, 2.75) is 12.5 Å². The van der Waals surface area contributed by atoms with Crippen LogP contribution in [0.25, 0.3) is 10.6 Å². The fraction of sp³-hybridized carbons (Fsp3) is 0.300. The van der Waals surface area contributed by atoms with E-state index in [1.54, 1.807) is 30.6 Å². The lowest BCUT2D eigenvalue weighted by Crippen LogP contribution is -2.31. The van der Waals surface area contributed by atoms with Gasteiger partial charge >= 0.3 is 0 Å². The van der Waals surface area contributed by atoms with Gasteiger partial charge in [0.1, 0.15) is 0 Å². The van der Waals surface area contributed by atoms with Crippen molar-refractivity contribution in [3.05, 3.63) is 52.5 Å². The molecule has 0 saturated carbocycles. The van der Waals surface area contributed by atoms with Crippen molar-refractivity contribution < 1.29 is 19.4 Å². The number of hydrogen-bond acceptors (Lipinski definition) is 6. The Hall–Kier alpha value is -2.84. The van der Waals surface area contributed by atoms with Crippen LogP contribution in [0.2, 0.25) is 0 Å². The van der Waals surface area contributed by atoms with Crippen molar-refractivity contribution in [2.75, 3.05) is 27.4 Å². The highest BCUT2D eigenvalue weighted by Crippen LogP contribution is 2.45. The number of thiophene rings is 1. The van der Waals surface area contributed by atoms with Gasteiger partial charge < -0.3 is 19.5 Å². The number of fused-ring (bicyclic) bond motifs is 1. The SMILES string of the molecule is COCCCN1C(=O)c2n[nH]c(-c3cccs3)c2C1c1ccc(O)c(OC)c1. The summed E-state index contributed by atoms with van der Waals surface area (Å²) in [5, 5.41) is 19.4. The van der Waals surface area contributed by atoms with Crippen LogP contribution in [0.4, 0.5) is 0 Å². The molecule has 1 amide bonds. The summed E-state index contributed by atoms with van der Waals surface area (Å²) in [6, 6.07) is 8.85. The normalized spacial score (nSPS) is 15.9. The molecule has 0 aliphatic carbocycles. The minimum absolute atomic E-state index is 0.0624. The van der Waals surface area contributed by atoms with Crippen LogP contribution in [0, 0.1) is 0 Å². The van der Waals surface area contributed by atoms with Gasteiger partial charge in [-0.05, 0) is 35.6 Å². The van der Waals surface area contributed by atoms with E-state index in [0.29, 0.717) is 24.6 Å². The molecular formula is C20H21N3O4S. The molecule has 4 rings (SSSR count). The standard InChI is InChI=1S/C20H21N3O4S/c1-26-9-4-8-23-19(12-6-7-13(24)14(11-12)27-2)16-17(15-5-3-10-28-15)21-22-18(16)20(23)25/h3,5-7,10-11,19,24H,4,8-9H2,1-2H3,(H,21,22). The quantitative estimate of drug-likeness (QED) is 0.594. The van der Waals surface area contributed by atoms with E-state index in [4.69, 9.17) is 9.47 Å². The molecule has 0 radical (unpaired) electrons. The average molecular weight is 399 g/mol. The average Bonchev–Trinajstić information content (AvgIpc) is 3.41. The molecule has 1 unspecified atom stereocenters. The Balaban J connectivity index is 1.82. The maximum Gasteiger partial charge on any atom is 0.275 e. The van der Waals surface area contributed by atoms with Gasteiger partial charge in [-0.1, -0.05) is 12.1 Å². The number of H-pyrrole nitrogens is 1. The zero-order valence-electron chi connectivity index (χ0n) is 15.6. The van der Waals surface area contributed by atoms with Gasteiger partial charge in [-0.2, -0.15) is 5.10 Å². The molecule has 0 bridgehead atoms. The van der Waals surface area contributed by atoms with Crippen LogP contribution >= 0.6 is 11.3 Å². The molecule has 146 valence electrons. The Labute approximate surface area is 166 Å². The number of phenols is 1. The molecule has 2 aromatic heterocycles. The molecule has 0 spiro atoms. The summed E-state index contributed by atoms with van der Waals surface area (Å²) in [6.45, 7) is 1.11. The number of methoxy groups -OCH3 is 2. The highest BCUT2D eigenvalue weighted by molar-refractivity contribution is 7.13. The van der Waals surface area contributed by atoms with Gasteiger partial charge in [0.05, 0.1) is 23.7 Å². The predicted molar refractivity (Wildman–Crippen MR) is 106 cm³/mol. The number of nitrogens with one attached hydrogen (secondary N) is 1. The number of benzene rings is 1. The third-order valence-electron chi connectivity index (χ3n) is 4.89. The van der Waals surface area contributed by atoms with Crippen molar-refractivity contribution in [2.24, 2.45) is 0 Å². The molecule has 1 atom stereocenters. The molecule has 3 aromatic rings. The Morgan fingerprint density at radius 1 is 1.32 bits per heavy atom. The van der Waals surface area contributed by atoms with Crippen LogP contribution in [-0.2, 0) is 4.74 Å². The Morgan fingerprint density at radius 2 is 2.18 bits per heavy atom. The summed E-state index contributed by atoms with van der Waals surface area (Å²) >= 11 is 1.59. The fourth-order valence-electron chi connectivity index (χ4n) is 3.62. The largest absolute Gasteiger partial charge is 0.504 e. The van der Waals surface area contributed by atoms with Crippen LogP contribution < -0.4 is 4.74 Å². The van der Waals surface area contributed by atoms with Gasteiger partial charge in [-0.25, -0.2) is 0 Å². The minimum Gasteiger partial charge on any atom is -0.504 e. The first-order valence-corrected chi connectivity index (χ1v) is 9.82. The molecule has 7 nitrogen and oxygen atoms in total. The van der Waals surface area contributed by atoms with Crippen molar-refractivity contribution in [1.29, 1.82) is 0 Å². The first kappa shape index (κ1) is 18.5. The van der Waals surface area contributed by atoms with E-state index in [9.17, 15) is 9.90 Å². The van der Waals surface area contributed by atoms with Crippen LogP contribution in [0.3, 0.4) is 0 Å². The highest BCUT2D eigenvalue weighted by Gasteiger charge is 2.42. The molecule has 1 aliphatic heterocycles. The van der Waals surface area contributed by atoms with Gasteiger partial charge in [0.15, 0.2) is 17.2 Å². The van der Waals surface area contributed by atoms with E-state index in [1.165, 1.54) is 7.11 Å². The fourth-order valence-corrected chi connectivity index (χ4v) is 4.35.